The van der Waals surface area contributed by atoms with Gasteiger partial charge < -0.3 is 0 Å². The van der Waals surface area contributed by atoms with E-state index in [1.165, 1.54) is 0 Å². The van der Waals surface area contributed by atoms with Crippen molar-refractivity contribution in [3.63, 3.8) is 0 Å². The summed E-state index contributed by atoms with van der Waals surface area (Å²) in [6, 6.07) is 7.57. The van der Waals surface area contributed by atoms with Crippen molar-refractivity contribution in [1.29, 1.82) is 0 Å². The van der Waals surface area contributed by atoms with Gasteiger partial charge in [-0.2, -0.15) is 0 Å². The second-order valence-electron chi connectivity index (χ2n) is 4.99. The minimum Gasteiger partial charge on any atom is -0.289 e. The molecule has 0 bridgehead atoms. The zero-order chi connectivity index (χ0) is 13.1. The quantitative estimate of drug-likeness (QED) is 0.707. The van der Waals surface area contributed by atoms with Gasteiger partial charge in [-0.15, -0.1) is 0 Å². The van der Waals surface area contributed by atoms with E-state index < -0.39 is 0 Å². The standard InChI is InChI=1S/C16H17ClO/c1-11(2)9-13-5-6-14(16(13)18)10-12-3-7-15(17)8-4-12/h3-4,7-11H,5-6H2,1-2H3/b13-9+,14-10+. The van der Waals surface area contributed by atoms with Crippen LogP contribution < -0.4 is 0 Å². The maximum atomic E-state index is 12.1. The molecule has 18 heavy (non-hydrogen) atoms. The summed E-state index contributed by atoms with van der Waals surface area (Å²) in [6.45, 7) is 4.20. The van der Waals surface area contributed by atoms with Crippen molar-refractivity contribution >= 4 is 23.5 Å². The number of carbonyl (C=O) groups is 1. The van der Waals surface area contributed by atoms with Crippen molar-refractivity contribution < 1.29 is 4.79 Å². The van der Waals surface area contributed by atoms with Crippen molar-refractivity contribution in [2.45, 2.75) is 26.7 Å². The van der Waals surface area contributed by atoms with Crippen LogP contribution in [0.3, 0.4) is 0 Å². The molecule has 0 heterocycles. The third-order valence-electron chi connectivity index (χ3n) is 2.99. The van der Waals surface area contributed by atoms with Crippen LogP contribution in [-0.4, -0.2) is 5.78 Å². The summed E-state index contributed by atoms with van der Waals surface area (Å²) in [4.78, 5) is 12.1. The number of rotatable bonds is 2. The van der Waals surface area contributed by atoms with Crippen LogP contribution in [0.25, 0.3) is 6.08 Å². The molecule has 0 atom stereocenters. The molecule has 2 rings (SSSR count). The van der Waals surface area contributed by atoms with Gasteiger partial charge in [0.05, 0.1) is 0 Å². The third-order valence-corrected chi connectivity index (χ3v) is 3.24. The van der Waals surface area contributed by atoms with Gasteiger partial charge in [-0.05, 0) is 48.1 Å². The van der Waals surface area contributed by atoms with Gasteiger partial charge in [0.1, 0.15) is 0 Å². The molecule has 1 nitrogen and oxygen atoms in total. The van der Waals surface area contributed by atoms with Crippen molar-refractivity contribution in [3.05, 3.63) is 52.1 Å². The van der Waals surface area contributed by atoms with Gasteiger partial charge in [0.15, 0.2) is 5.78 Å². The van der Waals surface area contributed by atoms with Crippen LogP contribution in [0.2, 0.25) is 5.02 Å². The SMILES string of the molecule is CC(C)/C=C1\CC/C(=C\c2ccc(Cl)cc2)C1=O. The monoisotopic (exact) mass is 260 g/mol. The molecule has 1 aliphatic carbocycles. The summed E-state index contributed by atoms with van der Waals surface area (Å²) in [7, 11) is 0. The number of ketones is 1. The molecule has 0 amide bonds. The van der Waals surface area contributed by atoms with Crippen LogP contribution in [-0.2, 0) is 4.79 Å². The molecule has 1 aromatic rings. The highest BCUT2D eigenvalue weighted by atomic mass is 35.5. The van der Waals surface area contributed by atoms with E-state index in [0.717, 1.165) is 34.6 Å². The average molecular weight is 261 g/mol. The first kappa shape index (κ1) is 13.1. The van der Waals surface area contributed by atoms with E-state index >= 15 is 0 Å². The lowest BCUT2D eigenvalue weighted by atomic mass is 10.1. The Balaban J connectivity index is 2.21. The first-order valence-electron chi connectivity index (χ1n) is 6.28. The van der Waals surface area contributed by atoms with E-state index in [-0.39, 0.29) is 5.78 Å². The molecule has 0 aromatic heterocycles. The maximum absolute atomic E-state index is 12.1. The van der Waals surface area contributed by atoms with Crippen LogP contribution in [0.1, 0.15) is 32.3 Å². The Labute approximate surface area is 113 Å². The van der Waals surface area contributed by atoms with Crippen LogP contribution in [0.5, 0.6) is 0 Å². The van der Waals surface area contributed by atoms with Crippen molar-refractivity contribution in [1.82, 2.24) is 0 Å². The summed E-state index contributed by atoms with van der Waals surface area (Å²) in [6.07, 6.45) is 5.77. The minimum atomic E-state index is 0.207. The first-order chi connectivity index (χ1) is 8.56. The molecule has 0 saturated heterocycles. The van der Waals surface area contributed by atoms with E-state index in [9.17, 15) is 4.79 Å². The van der Waals surface area contributed by atoms with Gasteiger partial charge in [-0.3, -0.25) is 4.79 Å². The van der Waals surface area contributed by atoms with Gasteiger partial charge in [-0.25, -0.2) is 0 Å². The topological polar surface area (TPSA) is 17.1 Å². The summed E-state index contributed by atoms with van der Waals surface area (Å²) in [5, 5.41) is 0.718. The molecule has 1 aliphatic rings. The van der Waals surface area contributed by atoms with Crippen molar-refractivity contribution in [2.24, 2.45) is 5.92 Å². The lowest BCUT2D eigenvalue weighted by Gasteiger charge is -1.99. The molecule has 1 fully saturated rings. The highest BCUT2D eigenvalue weighted by molar-refractivity contribution is 6.30. The number of carbonyl (C=O) groups excluding carboxylic acids is 1. The average Bonchev–Trinajstić information content (AvgIpc) is 2.64. The normalized spacial score (nSPS) is 20.3. The number of hydrogen-bond donors (Lipinski definition) is 0. The molecular formula is C16H17ClO. The van der Waals surface area contributed by atoms with Gasteiger partial charge in [0.2, 0.25) is 0 Å². The van der Waals surface area contributed by atoms with Gasteiger partial charge in [0, 0.05) is 10.6 Å². The molecule has 2 heteroatoms. The Morgan fingerprint density at radius 3 is 2.33 bits per heavy atom. The number of benzene rings is 1. The molecule has 0 spiro atoms. The van der Waals surface area contributed by atoms with E-state index in [1.807, 2.05) is 30.3 Å². The smallest absolute Gasteiger partial charge is 0.184 e. The van der Waals surface area contributed by atoms with E-state index in [2.05, 4.69) is 19.9 Å². The molecule has 0 aliphatic heterocycles. The molecule has 0 radical (unpaired) electrons. The Morgan fingerprint density at radius 1 is 1.11 bits per heavy atom. The molecule has 94 valence electrons. The Morgan fingerprint density at radius 2 is 1.72 bits per heavy atom. The zero-order valence-corrected chi connectivity index (χ0v) is 11.5. The fourth-order valence-electron chi connectivity index (χ4n) is 2.16. The second kappa shape index (κ2) is 5.53. The Bertz CT molecular complexity index is 506. The third kappa shape index (κ3) is 3.11. The van der Waals surface area contributed by atoms with Crippen LogP contribution >= 0.6 is 11.6 Å². The Hall–Kier alpha value is -1.34. The molecular weight excluding hydrogens is 244 g/mol. The molecule has 1 saturated carbocycles. The first-order valence-corrected chi connectivity index (χ1v) is 6.65. The van der Waals surface area contributed by atoms with Crippen LogP contribution in [0, 0.1) is 5.92 Å². The highest BCUT2D eigenvalue weighted by Gasteiger charge is 2.22. The Kier molecular flexibility index (Phi) is 4.03. The molecule has 1 aromatic carbocycles. The fraction of sp³-hybridized carbons (Fsp3) is 0.312. The largest absolute Gasteiger partial charge is 0.289 e. The fourth-order valence-corrected chi connectivity index (χ4v) is 2.29. The number of Topliss-reactive ketones (excluding diaryl/α,β-unsaturated/α-hetero) is 1. The second-order valence-corrected chi connectivity index (χ2v) is 5.42. The van der Waals surface area contributed by atoms with Crippen LogP contribution in [0.4, 0.5) is 0 Å². The lowest BCUT2D eigenvalue weighted by molar-refractivity contribution is -0.111. The summed E-state index contributed by atoms with van der Waals surface area (Å²) in [5.41, 5.74) is 2.91. The number of allylic oxidation sites excluding steroid dienone is 3. The predicted octanol–water partition coefficient (Wildman–Crippen LogP) is 4.67. The maximum Gasteiger partial charge on any atom is 0.184 e. The minimum absolute atomic E-state index is 0.207. The van der Waals surface area contributed by atoms with Crippen LogP contribution in [0.15, 0.2) is 41.5 Å². The summed E-state index contributed by atoms with van der Waals surface area (Å²) >= 11 is 5.84. The van der Waals surface area contributed by atoms with E-state index in [1.54, 1.807) is 0 Å². The number of hydrogen-bond acceptors (Lipinski definition) is 1. The summed E-state index contributed by atoms with van der Waals surface area (Å²) < 4.78 is 0. The van der Waals surface area contributed by atoms with Crippen molar-refractivity contribution in [3.8, 4) is 0 Å². The van der Waals surface area contributed by atoms with Crippen molar-refractivity contribution in [2.75, 3.05) is 0 Å². The zero-order valence-electron chi connectivity index (χ0n) is 10.7. The van der Waals surface area contributed by atoms with E-state index in [4.69, 9.17) is 11.6 Å². The molecule has 0 N–H and O–H groups in total. The lowest BCUT2D eigenvalue weighted by Crippen LogP contribution is -1.97. The summed E-state index contributed by atoms with van der Waals surface area (Å²) in [5.74, 6) is 0.637. The predicted molar refractivity (Wildman–Crippen MR) is 76.6 cm³/mol. The molecule has 0 unspecified atom stereocenters. The van der Waals surface area contributed by atoms with Gasteiger partial charge in [-0.1, -0.05) is 43.7 Å². The van der Waals surface area contributed by atoms with Gasteiger partial charge in [0.25, 0.3) is 0 Å². The van der Waals surface area contributed by atoms with Gasteiger partial charge >= 0.3 is 0 Å². The highest BCUT2D eigenvalue weighted by Crippen LogP contribution is 2.29. The number of halogens is 1. The van der Waals surface area contributed by atoms with E-state index in [0.29, 0.717) is 5.92 Å².